The van der Waals surface area contributed by atoms with Crippen LogP contribution in [0.4, 0.5) is 0 Å². The Morgan fingerprint density at radius 3 is 2.45 bits per heavy atom. The molecule has 1 unspecified atom stereocenters. The highest BCUT2D eigenvalue weighted by Gasteiger charge is 2.33. The largest absolute Gasteiger partial charge is 0.497 e. The molecule has 1 fully saturated rings. The van der Waals surface area contributed by atoms with Crippen molar-refractivity contribution in [2.75, 3.05) is 7.11 Å². The third-order valence-corrected chi connectivity index (χ3v) is 4.66. The summed E-state index contributed by atoms with van der Waals surface area (Å²) in [7, 11) is 1.65. The summed E-state index contributed by atoms with van der Waals surface area (Å²) in [5.41, 5.74) is 1.80. The molecule has 0 heterocycles. The van der Waals surface area contributed by atoms with Crippen LogP contribution in [0.3, 0.4) is 0 Å². The Labute approximate surface area is 138 Å². The molecule has 3 nitrogen and oxygen atoms in total. The third-order valence-electron chi connectivity index (χ3n) is 3.97. The summed E-state index contributed by atoms with van der Waals surface area (Å²) in [5, 5.41) is 3.18. The zero-order chi connectivity index (χ0) is 15.5. The molecule has 1 aliphatic rings. The molecule has 2 aromatic carbocycles. The number of hydrogen-bond acceptors (Lipinski definition) is 2. The van der Waals surface area contributed by atoms with E-state index < -0.39 is 0 Å². The SMILES string of the molecule is COc1ccc(C(NC(=O)c2ccccc2Br)C2CC2)cc1. The number of amides is 1. The Balaban J connectivity index is 1.80. The maximum Gasteiger partial charge on any atom is 0.252 e. The van der Waals surface area contributed by atoms with E-state index in [2.05, 4.69) is 21.2 Å². The van der Waals surface area contributed by atoms with Crippen molar-refractivity contribution >= 4 is 21.8 Å². The average Bonchev–Trinajstić information content (AvgIpc) is 3.38. The van der Waals surface area contributed by atoms with Gasteiger partial charge in [0.2, 0.25) is 0 Å². The number of carbonyl (C=O) groups is 1. The normalized spacial score (nSPS) is 15.2. The molecule has 0 radical (unpaired) electrons. The number of halogens is 1. The van der Waals surface area contributed by atoms with E-state index in [-0.39, 0.29) is 11.9 Å². The standard InChI is InChI=1S/C18H18BrNO2/c1-22-14-10-8-13(9-11-14)17(12-6-7-12)20-18(21)15-4-2-3-5-16(15)19/h2-5,8-12,17H,6-7H2,1H3,(H,20,21). The molecule has 4 heteroatoms. The van der Waals surface area contributed by atoms with E-state index in [0.717, 1.165) is 28.6 Å². The van der Waals surface area contributed by atoms with E-state index in [1.54, 1.807) is 7.11 Å². The van der Waals surface area contributed by atoms with Crippen molar-refractivity contribution in [2.45, 2.75) is 18.9 Å². The van der Waals surface area contributed by atoms with Crippen LogP contribution in [0.5, 0.6) is 5.75 Å². The van der Waals surface area contributed by atoms with Gasteiger partial charge in [0.1, 0.15) is 5.75 Å². The lowest BCUT2D eigenvalue weighted by molar-refractivity contribution is 0.0931. The second-order valence-corrected chi connectivity index (χ2v) is 6.40. The number of ether oxygens (including phenoxy) is 1. The van der Waals surface area contributed by atoms with Gasteiger partial charge in [-0.25, -0.2) is 0 Å². The highest BCUT2D eigenvalue weighted by molar-refractivity contribution is 9.10. The van der Waals surface area contributed by atoms with Crippen molar-refractivity contribution in [3.05, 3.63) is 64.1 Å². The topological polar surface area (TPSA) is 38.3 Å². The molecule has 0 spiro atoms. The molecular formula is C18H18BrNO2. The Hall–Kier alpha value is -1.81. The molecular weight excluding hydrogens is 342 g/mol. The summed E-state index contributed by atoms with van der Waals surface area (Å²) < 4.78 is 6.01. The second-order valence-electron chi connectivity index (χ2n) is 5.54. The molecule has 1 amide bonds. The third kappa shape index (κ3) is 3.33. The molecule has 0 aliphatic heterocycles. The lowest BCUT2D eigenvalue weighted by Crippen LogP contribution is -2.30. The lowest BCUT2D eigenvalue weighted by atomic mass is 10.0. The van der Waals surface area contributed by atoms with Gasteiger partial charge in [0.15, 0.2) is 0 Å². The number of methoxy groups -OCH3 is 1. The van der Waals surface area contributed by atoms with Gasteiger partial charge in [0, 0.05) is 4.47 Å². The van der Waals surface area contributed by atoms with E-state index >= 15 is 0 Å². The van der Waals surface area contributed by atoms with Crippen molar-refractivity contribution in [3.8, 4) is 5.75 Å². The predicted octanol–water partition coefficient (Wildman–Crippen LogP) is 4.34. The van der Waals surface area contributed by atoms with Gasteiger partial charge in [-0.15, -0.1) is 0 Å². The van der Waals surface area contributed by atoms with E-state index in [9.17, 15) is 4.79 Å². The minimum Gasteiger partial charge on any atom is -0.497 e. The van der Waals surface area contributed by atoms with Crippen LogP contribution in [0.1, 0.15) is 34.8 Å². The minimum absolute atomic E-state index is 0.0415. The van der Waals surface area contributed by atoms with Crippen molar-refractivity contribution in [1.29, 1.82) is 0 Å². The molecule has 1 saturated carbocycles. The van der Waals surface area contributed by atoms with Crippen LogP contribution < -0.4 is 10.1 Å². The smallest absolute Gasteiger partial charge is 0.252 e. The fourth-order valence-corrected chi connectivity index (χ4v) is 3.04. The number of nitrogens with one attached hydrogen (secondary N) is 1. The van der Waals surface area contributed by atoms with Gasteiger partial charge in [-0.05, 0) is 64.5 Å². The van der Waals surface area contributed by atoms with E-state index in [1.807, 2.05) is 48.5 Å². The first-order valence-corrected chi connectivity index (χ1v) is 8.17. The minimum atomic E-state index is -0.0415. The quantitative estimate of drug-likeness (QED) is 0.862. The summed E-state index contributed by atoms with van der Waals surface area (Å²) in [4.78, 5) is 12.5. The van der Waals surface area contributed by atoms with Crippen LogP contribution >= 0.6 is 15.9 Å². The molecule has 0 saturated heterocycles. The zero-order valence-electron chi connectivity index (χ0n) is 12.4. The van der Waals surface area contributed by atoms with Crippen LogP contribution in [0.2, 0.25) is 0 Å². The molecule has 1 N–H and O–H groups in total. The molecule has 114 valence electrons. The number of rotatable bonds is 5. The maximum atomic E-state index is 12.5. The number of carbonyl (C=O) groups excluding carboxylic acids is 1. The average molecular weight is 360 g/mol. The van der Waals surface area contributed by atoms with Crippen molar-refractivity contribution in [2.24, 2.45) is 5.92 Å². The summed E-state index contributed by atoms with van der Waals surface area (Å²) >= 11 is 3.44. The molecule has 3 rings (SSSR count). The van der Waals surface area contributed by atoms with Crippen molar-refractivity contribution in [3.63, 3.8) is 0 Å². The number of benzene rings is 2. The Bertz CT molecular complexity index is 665. The summed E-state index contributed by atoms with van der Waals surface area (Å²) in [6, 6.07) is 15.5. The van der Waals surface area contributed by atoms with Crippen molar-refractivity contribution < 1.29 is 9.53 Å². The van der Waals surface area contributed by atoms with Gasteiger partial charge in [0.25, 0.3) is 5.91 Å². The summed E-state index contributed by atoms with van der Waals surface area (Å²) in [6.07, 6.45) is 2.32. The lowest BCUT2D eigenvalue weighted by Gasteiger charge is -2.19. The molecule has 2 aromatic rings. The first-order valence-electron chi connectivity index (χ1n) is 7.38. The molecule has 1 atom stereocenters. The fraction of sp³-hybridized carbons (Fsp3) is 0.278. The van der Waals surface area contributed by atoms with E-state index in [4.69, 9.17) is 4.74 Å². The van der Waals surface area contributed by atoms with Gasteiger partial charge in [-0.2, -0.15) is 0 Å². The van der Waals surface area contributed by atoms with Crippen LogP contribution in [0.15, 0.2) is 53.0 Å². The molecule has 22 heavy (non-hydrogen) atoms. The predicted molar refractivity (Wildman–Crippen MR) is 90.1 cm³/mol. The first kappa shape index (κ1) is 15.1. The maximum absolute atomic E-state index is 12.5. The van der Waals surface area contributed by atoms with Gasteiger partial charge in [-0.1, -0.05) is 24.3 Å². The molecule has 0 bridgehead atoms. The van der Waals surface area contributed by atoms with Gasteiger partial charge in [-0.3, -0.25) is 4.79 Å². The zero-order valence-corrected chi connectivity index (χ0v) is 14.0. The van der Waals surface area contributed by atoms with E-state index in [0.29, 0.717) is 11.5 Å². The Morgan fingerprint density at radius 2 is 1.86 bits per heavy atom. The first-order chi connectivity index (χ1) is 10.7. The van der Waals surface area contributed by atoms with Crippen LogP contribution in [0.25, 0.3) is 0 Å². The Kier molecular flexibility index (Phi) is 4.48. The summed E-state index contributed by atoms with van der Waals surface area (Å²) in [6.45, 7) is 0. The van der Waals surface area contributed by atoms with E-state index in [1.165, 1.54) is 0 Å². The highest BCUT2D eigenvalue weighted by Crippen LogP contribution is 2.41. The van der Waals surface area contributed by atoms with Gasteiger partial charge < -0.3 is 10.1 Å². The van der Waals surface area contributed by atoms with Gasteiger partial charge in [0.05, 0.1) is 18.7 Å². The highest BCUT2D eigenvalue weighted by atomic mass is 79.9. The monoisotopic (exact) mass is 359 g/mol. The molecule has 0 aromatic heterocycles. The second kappa shape index (κ2) is 6.53. The fourth-order valence-electron chi connectivity index (χ4n) is 2.58. The summed E-state index contributed by atoms with van der Waals surface area (Å²) in [5.74, 6) is 1.32. The van der Waals surface area contributed by atoms with Crippen LogP contribution in [-0.2, 0) is 0 Å². The Morgan fingerprint density at radius 1 is 1.18 bits per heavy atom. The van der Waals surface area contributed by atoms with Gasteiger partial charge >= 0.3 is 0 Å². The number of hydrogen-bond donors (Lipinski definition) is 1. The van der Waals surface area contributed by atoms with Crippen LogP contribution in [0, 0.1) is 5.92 Å². The van der Waals surface area contributed by atoms with Crippen LogP contribution in [-0.4, -0.2) is 13.0 Å². The molecule has 1 aliphatic carbocycles. The van der Waals surface area contributed by atoms with Crippen molar-refractivity contribution in [1.82, 2.24) is 5.32 Å².